The molecule has 27 heavy (non-hydrogen) atoms. The van der Waals surface area contributed by atoms with Crippen molar-refractivity contribution in [3.63, 3.8) is 0 Å². The fourth-order valence-electron chi connectivity index (χ4n) is 2.25. The van der Waals surface area contributed by atoms with Gasteiger partial charge in [-0.1, -0.05) is 6.07 Å². The molecule has 8 heteroatoms. The van der Waals surface area contributed by atoms with Crippen LogP contribution in [0, 0.1) is 5.82 Å². The van der Waals surface area contributed by atoms with E-state index in [-0.39, 0.29) is 17.9 Å². The Morgan fingerprint density at radius 2 is 1.81 bits per heavy atom. The van der Waals surface area contributed by atoms with Crippen LogP contribution in [-0.2, 0) is 6.61 Å². The van der Waals surface area contributed by atoms with Gasteiger partial charge in [0.05, 0.1) is 17.4 Å². The Balaban J connectivity index is 1.71. The van der Waals surface area contributed by atoms with Crippen molar-refractivity contribution in [2.75, 3.05) is 5.32 Å². The van der Waals surface area contributed by atoms with Crippen LogP contribution in [0.5, 0.6) is 5.75 Å². The zero-order chi connectivity index (χ0) is 19.2. The van der Waals surface area contributed by atoms with Crippen LogP contribution in [0.25, 0.3) is 0 Å². The minimum Gasteiger partial charge on any atom is -0.487 e. The van der Waals surface area contributed by atoms with Gasteiger partial charge in [-0.15, -0.1) is 0 Å². The van der Waals surface area contributed by atoms with Crippen molar-refractivity contribution >= 4 is 17.5 Å². The number of nitrogens with two attached hydrogens (primary N) is 1. The maximum absolute atomic E-state index is 14.0. The predicted octanol–water partition coefficient (Wildman–Crippen LogP) is 2.55. The smallest absolute Gasteiger partial charge is 0.255 e. The third kappa shape index (κ3) is 4.63. The summed E-state index contributed by atoms with van der Waals surface area (Å²) in [5.41, 5.74) is 6.43. The number of hydrogen-bond donors (Lipinski definition) is 2. The van der Waals surface area contributed by atoms with Crippen LogP contribution < -0.4 is 15.8 Å². The van der Waals surface area contributed by atoms with E-state index in [9.17, 15) is 14.0 Å². The maximum Gasteiger partial charge on any atom is 0.255 e. The SMILES string of the molecule is NC(=O)c1cncc(OCc2ccc(F)c(NC(=O)c3ccncc3)c2)c1. The van der Waals surface area contributed by atoms with Gasteiger partial charge in [0.1, 0.15) is 18.2 Å². The van der Waals surface area contributed by atoms with Crippen molar-refractivity contribution < 1.29 is 18.7 Å². The van der Waals surface area contributed by atoms with E-state index in [1.54, 1.807) is 0 Å². The first-order valence-electron chi connectivity index (χ1n) is 7.90. The highest BCUT2D eigenvalue weighted by Crippen LogP contribution is 2.19. The number of ether oxygens (including phenoxy) is 1. The van der Waals surface area contributed by atoms with Crippen molar-refractivity contribution in [3.05, 3.63) is 83.7 Å². The molecule has 3 rings (SSSR count). The molecule has 0 spiro atoms. The second-order valence-corrected chi connectivity index (χ2v) is 5.57. The van der Waals surface area contributed by atoms with E-state index in [0.717, 1.165) is 0 Å². The van der Waals surface area contributed by atoms with Crippen LogP contribution in [0.3, 0.4) is 0 Å². The third-order valence-electron chi connectivity index (χ3n) is 3.62. The molecular weight excluding hydrogens is 351 g/mol. The number of benzene rings is 1. The van der Waals surface area contributed by atoms with Crippen LogP contribution in [0.4, 0.5) is 10.1 Å². The lowest BCUT2D eigenvalue weighted by Crippen LogP contribution is -2.13. The van der Waals surface area contributed by atoms with Gasteiger partial charge in [-0.05, 0) is 35.9 Å². The summed E-state index contributed by atoms with van der Waals surface area (Å²) in [6, 6.07) is 8.75. The van der Waals surface area contributed by atoms with E-state index in [1.807, 2.05) is 0 Å². The molecule has 2 aromatic heterocycles. The van der Waals surface area contributed by atoms with E-state index in [4.69, 9.17) is 10.5 Å². The summed E-state index contributed by atoms with van der Waals surface area (Å²) in [6.07, 6.45) is 5.72. The summed E-state index contributed by atoms with van der Waals surface area (Å²) >= 11 is 0. The lowest BCUT2D eigenvalue weighted by Gasteiger charge is -2.10. The average molecular weight is 366 g/mol. The van der Waals surface area contributed by atoms with E-state index >= 15 is 0 Å². The molecule has 0 aliphatic heterocycles. The Morgan fingerprint density at radius 1 is 1.04 bits per heavy atom. The second-order valence-electron chi connectivity index (χ2n) is 5.57. The molecular formula is C19H15FN4O3. The Morgan fingerprint density at radius 3 is 2.56 bits per heavy atom. The minimum atomic E-state index is -0.615. The zero-order valence-corrected chi connectivity index (χ0v) is 14.1. The Bertz CT molecular complexity index is 980. The van der Waals surface area contributed by atoms with E-state index < -0.39 is 17.6 Å². The summed E-state index contributed by atoms with van der Waals surface area (Å²) < 4.78 is 19.6. The molecule has 0 fully saturated rings. The fraction of sp³-hybridized carbons (Fsp3) is 0.0526. The lowest BCUT2D eigenvalue weighted by molar-refractivity contribution is 0.0997. The highest BCUT2D eigenvalue weighted by atomic mass is 19.1. The van der Waals surface area contributed by atoms with Crippen molar-refractivity contribution in [2.24, 2.45) is 5.73 Å². The number of halogens is 1. The van der Waals surface area contributed by atoms with Crippen molar-refractivity contribution in [1.29, 1.82) is 0 Å². The number of aromatic nitrogens is 2. The summed E-state index contributed by atoms with van der Waals surface area (Å²) in [7, 11) is 0. The van der Waals surface area contributed by atoms with Gasteiger partial charge < -0.3 is 15.8 Å². The van der Waals surface area contributed by atoms with Gasteiger partial charge >= 0.3 is 0 Å². The monoisotopic (exact) mass is 366 g/mol. The van der Waals surface area contributed by atoms with Gasteiger partial charge in [-0.25, -0.2) is 4.39 Å². The van der Waals surface area contributed by atoms with E-state index in [0.29, 0.717) is 16.9 Å². The molecule has 0 atom stereocenters. The molecule has 3 aromatic rings. The first-order valence-corrected chi connectivity index (χ1v) is 7.90. The van der Waals surface area contributed by atoms with Gasteiger partial charge in [0.2, 0.25) is 5.91 Å². The number of anilines is 1. The molecule has 0 aliphatic rings. The van der Waals surface area contributed by atoms with Crippen LogP contribution in [0.1, 0.15) is 26.3 Å². The van der Waals surface area contributed by atoms with E-state index in [1.165, 1.54) is 61.2 Å². The Labute approximate surface area is 154 Å². The summed E-state index contributed by atoms with van der Waals surface area (Å²) in [6.45, 7) is 0.0856. The normalized spacial score (nSPS) is 10.3. The van der Waals surface area contributed by atoms with Crippen LogP contribution >= 0.6 is 0 Å². The molecule has 2 amide bonds. The largest absolute Gasteiger partial charge is 0.487 e. The number of carbonyl (C=O) groups excluding carboxylic acids is 2. The number of hydrogen-bond acceptors (Lipinski definition) is 5. The number of primary amides is 1. The molecule has 0 saturated heterocycles. The topological polar surface area (TPSA) is 107 Å². The number of carbonyl (C=O) groups is 2. The molecule has 0 saturated carbocycles. The molecule has 7 nitrogen and oxygen atoms in total. The van der Waals surface area contributed by atoms with Crippen LogP contribution in [-0.4, -0.2) is 21.8 Å². The molecule has 0 bridgehead atoms. The van der Waals surface area contributed by atoms with Gasteiger partial charge in [-0.2, -0.15) is 0 Å². The quantitative estimate of drug-likeness (QED) is 0.697. The van der Waals surface area contributed by atoms with Gasteiger partial charge in [0.25, 0.3) is 5.91 Å². The Hall–Kier alpha value is -3.81. The third-order valence-corrected chi connectivity index (χ3v) is 3.62. The minimum absolute atomic E-state index is 0.0296. The highest BCUT2D eigenvalue weighted by molar-refractivity contribution is 6.04. The lowest BCUT2D eigenvalue weighted by atomic mass is 10.2. The fourth-order valence-corrected chi connectivity index (χ4v) is 2.25. The van der Waals surface area contributed by atoms with Crippen LogP contribution in [0.2, 0.25) is 0 Å². The van der Waals surface area contributed by atoms with Gasteiger partial charge in [0, 0.05) is 24.2 Å². The van der Waals surface area contributed by atoms with Crippen LogP contribution in [0.15, 0.2) is 61.2 Å². The summed E-state index contributed by atoms with van der Waals surface area (Å²) in [5.74, 6) is -1.29. The van der Waals surface area contributed by atoms with Gasteiger partial charge in [-0.3, -0.25) is 19.6 Å². The maximum atomic E-state index is 14.0. The first-order chi connectivity index (χ1) is 13.0. The molecule has 2 heterocycles. The number of amides is 2. The summed E-state index contributed by atoms with van der Waals surface area (Å²) in [5, 5.41) is 2.52. The van der Waals surface area contributed by atoms with Crippen molar-refractivity contribution in [3.8, 4) is 5.75 Å². The van der Waals surface area contributed by atoms with Gasteiger partial charge in [0.15, 0.2) is 0 Å². The second kappa shape index (κ2) is 8.05. The standard InChI is InChI=1S/C19H15FN4O3/c20-16-2-1-12(11-27-15-8-14(18(21)25)9-23-10-15)7-17(16)24-19(26)13-3-5-22-6-4-13/h1-10H,11H2,(H2,21,25)(H,24,26). The number of nitrogens with one attached hydrogen (secondary N) is 1. The average Bonchev–Trinajstić information content (AvgIpc) is 2.69. The van der Waals surface area contributed by atoms with Crippen molar-refractivity contribution in [1.82, 2.24) is 9.97 Å². The molecule has 0 aliphatic carbocycles. The molecule has 1 aromatic carbocycles. The number of pyridine rings is 2. The van der Waals surface area contributed by atoms with Crippen molar-refractivity contribution in [2.45, 2.75) is 6.61 Å². The summed E-state index contributed by atoms with van der Waals surface area (Å²) in [4.78, 5) is 31.0. The predicted molar refractivity (Wildman–Crippen MR) is 95.7 cm³/mol. The highest BCUT2D eigenvalue weighted by Gasteiger charge is 2.11. The molecule has 0 unspecified atom stereocenters. The number of rotatable bonds is 6. The number of nitrogens with zero attached hydrogens (tertiary/aromatic N) is 2. The molecule has 3 N–H and O–H groups in total. The first kappa shape index (κ1) is 18.0. The molecule has 0 radical (unpaired) electrons. The zero-order valence-electron chi connectivity index (χ0n) is 14.1. The Kier molecular flexibility index (Phi) is 5.36. The molecule has 136 valence electrons. The van der Waals surface area contributed by atoms with E-state index in [2.05, 4.69) is 15.3 Å².